The van der Waals surface area contributed by atoms with Crippen molar-refractivity contribution in [3.05, 3.63) is 52.3 Å². The third-order valence-corrected chi connectivity index (χ3v) is 3.44. The van der Waals surface area contributed by atoms with Crippen LogP contribution in [0.2, 0.25) is 0 Å². The molecule has 1 atom stereocenters. The van der Waals surface area contributed by atoms with E-state index in [1.165, 1.54) is 0 Å². The van der Waals surface area contributed by atoms with Crippen molar-refractivity contribution >= 4 is 21.9 Å². The van der Waals surface area contributed by atoms with E-state index in [1.807, 2.05) is 24.3 Å². The van der Waals surface area contributed by atoms with Crippen molar-refractivity contribution in [2.24, 2.45) is 12.8 Å². The first-order chi connectivity index (χ1) is 9.08. The summed E-state index contributed by atoms with van der Waals surface area (Å²) in [6.45, 7) is 0.189. The van der Waals surface area contributed by atoms with Gasteiger partial charge < -0.3 is 10.5 Å². The largest absolute Gasteiger partial charge is 0.459 e. The van der Waals surface area contributed by atoms with E-state index in [0.29, 0.717) is 5.56 Å². The van der Waals surface area contributed by atoms with E-state index in [2.05, 4.69) is 21.0 Å². The van der Waals surface area contributed by atoms with E-state index in [0.717, 1.165) is 10.0 Å². The topological polar surface area (TPSA) is 70.1 Å². The number of rotatable bonds is 4. The van der Waals surface area contributed by atoms with Crippen LogP contribution in [0.4, 0.5) is 0 Å². The SMILES string of the molecule is Cn1cc(C(N)C(=O)OCc2ccccc2Br)cn1. The van der Waals surface area contributed by atoms with E-state index in [-0.39, 0.29) is 6.61 Å². The fourth-order valence-corrected chi connectivity index (χ4v) is 1.99. The van der Waals surface area contributed by atoms with Gasteiger partial charge in [0.2, 0.25) is 0 Å². The third-order valence-electron chi connectivity index (χ3n) is 2.67. The van der Waals surface area contributed by atoms with Crippen molar-refractivity contribution in [2.45, 2.75) is 12.6 Å². The predicted octanol–water partition coefficient (Wildman–Crippen LogP) is 1.93. The standard InChI is InChI=1S/C13H14BrN3O2/c1-17-7-10(6-16-17)12(15)13(18)19-8-9-4-2-3-5-11(9)14/h2-7,12H,8,15H2,1H3. The molecule has 1 heterocycles. The molecule has 5 nitrogen and oxygen atoms in total. The van der Waals surface area contributed by atoms with Crippen molar-refractivity contribution in [1.82, 2.24) is 9.78 Å². The summed E-state index contributed by atoms with van der Waals surface area (Å²) in [6.07, 6.45) is 3.26. The van der Waals surface area contributed by atoms with Crippen LogP contribution in [-0.4, -0.2) is 15.7 Å². The van der Waals surface area contributed by atoms with Crippen LogP contribution in [0.5, 0.6) is 0 Å². The summed E-state index contributed by atoms with van der Waals surface area (Å²) < 4.78 is 7.70. The molecule has 0 fully saturated rings. The van der Waals surface area contributed by atoms with E-state index >= 15 is 0 Å². The van der Waals surface area contributed by atoms with Gasteiger partial charge in [0.25, 0.3) is 0 Å². The number of halogens is 1. The predicted molar refractivity (Wildman–Crippen MR) is 74.1 cm³/mol. The van der Waals surface area contributed by atoms with E-state index in [9.17, 15) is 4.79 Å². The van der Waals surface area contributed by atoms with Gasteiger partial charge in [-0.05, 0) is 6.07 Å². The minimum Gasteiger partial charge on any atom is -0.459 e. The molecule has 0 aliphatic rings. The lowest BCUT2D eigenvalue weighted by atomic mass is 10.2. The molecule has 2 aromatic rings. The average Bonchev–Trinajstić information content (AvgIpc) is 2.83. The first-order valence-corrected chi connectivity index (χ1v) is 6.51. The lowest BCUT2D eigenvalue weighted by molar-refractivity contribution is -0.146. The molecular formula is C13H14BrN3O2. The minimum atomic E-state index is -0.809. The van der Waals surface area contributed by atoms with Gasteiger partial charge >= 0.3 is 5.97 Å². The van der Waals surface area contributed by atoms with Crippen LogP contribution >= 0.6 is 15.9 Å². The van der Waals surface area contributed by atoms with Crippen LogP contribution < -0.4 is 5.73 Å². The number of aryl methyl sites for hydroxylation is 1. The summed E-state index contributed by atoms with van der Waals surface area (Å²) in [4.78, 5) is 11.8. The molecule has 100 valence electrons. The van der Waals surface area contributed by atoms with Crippen molar-refractivity contribution in [2.75, 3.05) is 0 Å². The summed E-state index contributed by atoms with van der Waals surface area (Å²) in [5, 5.41) is 3.97. The van der Waals surface area contributed by atoms with Crippen molar-refractivity contribution in [3.8, 4) is 0 Å². The first kappa shape index (κ1) is 13.8. The van der Waals surface area contributed by atoms with Gasteiger partial charge in [-0.15, -0.1) is 0 Å². The average molecular weight is 324 g/mol. The highest BCUT2D eigenvalue weighted by atomic mass is 79.9. The second kappa shape index (κ2) is 5.99. The van der Waals surface area contributed by atoms with Gasteiger partial charge in [0, 0.05) is 28.8 Å². The number of nitrogens with two attached hydrogens (primary N) is 1. The van der Waals surface area contributed by atoms with Crippen molar-refractivity contribution in [3.63, 3.8) is 0 Å². The van der Waals surface area contributed by atoms with Gasteiger partial charge in [-0.2, -0.15) is 5.10 Å². The Kier molecular flexibility index (Phi) is 4.34. The summed E-state index contributed by atoms with van der Waals surface area (Å²) in [7, 11) is 1.77. The van der Waals surface area contributed by atoms with Crippen LogP contribution in [0, 0.1) is 0 Å². The number of esters is 1. The Morgan fingerprint density at radius 3 is 2.89 bits per heavy atom. The normalized spacial score (nSPS) is 12.2. The van der Waals surface area contributed by atoms with Crippen LogP contribution in [0.1, 0.15) is 17.2 Å². The maximum atomic E-state index is 11.8. The molecule has 0 aliphatic heterocycles. The van der Waals surface area contributed by atoms with Crippen molar-refractivity contribution in [1.29, 1.82) is 0 Å². The highest BCUT2D eigenvalue weighted by Crippen LogP contribution is 2.18. The Morgan fingerprint density at radius 2 is 2.26 bits per heavy atom. The Morgan fingerprint density at radius 1 is 1.53 bits per heavy atom. The Balaban J connectivity index is 1.96. The fourth-order valence-electron chi connectivity index (χ4n) is 1.59. The molecule has 1 unspecified atom stereocenters. The maximum absolute atomic E-state index is 11.8. The molecule has 0 spiro atoms. The lowest BCUT2D eigenvalue weighted by Gasteiger charge is -2.10. The van der Waals surface area contributed by atoms with Crippen LogP contribution in [0.25, 0.3) is 0 Å². The maximum Gasteiger partial charge on any atom is 0.328 e. The quantitative estimate of drug-likeness (QED) is 0.873. The molecule has 2 N–H and O–H groups in total. The minimum absolute atomic E-state index is 0.189. The molecule has 0 radical (unpaired) electrons. The molecule has 19 heavy (non-hydrogen) atoms. The first-order valence-electron chi connectivity index (χ1n) is 5.72. The summed E-state index contributed by atoms with van der Waals surface area (Å²) in [6, 6.07) is 6.75. The number of aromatic nitrogens is 2. The number of nitrogens with zero attached hydrogens (tertiary/aromatic N) is 2. The van der Waals surface area contributed by atoms with Gasteiger partial charge in [-0.3, -0.25) is 4.68 Å². The number of hydrogen-bond acceptors (Lipinski definition) is 4. The smallest absolute Gasteiger partial charge is 0.328 e. The zero-order chi connectivity index (χ0) is 13.8. The van der Waals surface area contributed by atoms with Gasteiger partial charge in [0.05, 0.1) is 6.20 Å². The molecule has 2 rings (SSSR count). The summed E-state index contributed by atoms with van der Waals surface area (Å²) >= 11 is 3.40. The Bertz CT molecular complexity index is 583. The summed E-state index contributed by atoms with van der Waals surface area (Å²) in [5.41, 5.74) is 7.35. The van der Waals surface area contributed by atoms with Crippen LogP contribution in [0.3, 0.4) is 0 Å². The molecule has 0 saturated heterocycles. The number of carbonyl (C=O) groups excluding carboxylic acids is 1. The zero-order valence-corrected chi connectivity index (χ0v) is 12.0. The molecular weight excluding hydrogens is 310 g/mol. The van der Waals surface area contributed by atoms with E-state index < -0.39 is 12.0 Å². The second-order valence-electron chi connectivity index (χ2n) is 4.12. The highest BCUT2D eigenvalue weighted by Gasteiger charge is 2.19. The molecule has 0 aliphatic carbocycles. The zero-order valence-electron chi connectivity index (χ0n) is 10.4. The molecule has 6 heteroatoms. The second-order valence-corrected chi connectivity index (χ2v) is 4.98. The monoisotopic (exact) mass is 323 g/mol. The molecule has 0 saturated carbocycles. The lowest BCUT2D eigenvalue weighted by Crippen LogP contribution is -2.23. The van der Waals surface area contributed by atoms with Gasteiger partial charge in [0.1, 0.15) is 12.6 Å². The number of ether oxygens (including phenoxy) is 1. The molecule has 1 aromatic heterocycles. The summed E-state index contributed by atoms with van der Waals surface area (Å²) in [5.74, 6) is -0.469. The number of carbonyl (C=O) groups is 1. The Hall–Kier alpha value is -1.66. The van der Waals surface area contributed by atoms with E-state index in [1.54, 1.807) is 24.1 Å². The van der Waals surface area contributed by atoms with Gasteiger partial charge in [-0.25, -0.2) is 4.79 Å². The van der Waals surface area contributed by atoms with E-state index in [4.69, 9.17) is 10.5 Å². The number of benzene rings is 1. The van der Waals surface area contributed by atoms with Crippen LogP contribution in [-0.2, 0) is 23.2 Å². The molecule has 1 aromatic carbocycles. The fraction of sp³-hybridized carbons (Fsp3) is 0.231. The molecule has 0 amide bonds. The van der Waals surface area contributed by atoms with Crippen LogP contribution in [0.15, 0.2) is 41.1 Å². The highest BCUT2D eigenvalue weighted by molar-refractivity contribution is 9.10. The number of hydrogen-bond donors (Lipinski definition) is 1. The van der Waals surface area contributed by atoms with Gasteiger partial charge in [0.15, 0.2) is 0 Å². The Labute approximate surface area is 119 Å². The van der Waals surface area contributed by atoms with Crippen molar-refractivity contribution < 1.29 is 9.53 Å². The molecule has 0 bridgehead atoms. The third kappa shape index (κ3) is 3.42. The van der Waals surface area contributed by atoms with Gasteiger partial charge in [-0.1, -0.05) is 34.1 Å².